The summed E-state index contributed by atoms with van der Waals surface area (Å²) in [5.41, 5.74) is 1.98. The van der Waals surface area contributed by atoms with Crippen molar-refractivity contribution in [1.29, 1.82) is 0 Å². The van der Waals surface area contributed by atoms with Crippen molar-refractivity contribution in [3.05, 3.63) is 35.4 Å². The molecule has 0 spiro atoms. The zero-order chi connectivity index (χ0) is 10.6. The summed E-state index contributed by atoms with van der Waals surface area (Å²) in [4.78, 5) is 11.2. The molecule has 1 atom stereocenters. The summed E-state index contributed by atoms with van der Waals surface area (Å²) in [6.07, 6.45) is 1.11. The van der Waals surface area contributed by atoms with E-state index < -0.39 is 0 Å². The highest BCUT2D eigenvalue weighted by molar-refractivity contribution is 6.30. The van der Waals surface area contributed by atoms with E-state index in [0.29, 0.717) is 11.5 Å². The van der Waals surface area contributed by atoms with E-state index in [-0.39, 0.29) is 11.7 Å². The molecule has 0 bridgehead atoms. The Labute approximate surface area is 90.1 Å². The van der Waals surface area contributed by atoms with Crippen LogP contribution in [-0.4, -0.2) is 11.7 Å². The molecule has 0 fully saturated rings. The molecule has 14 heavy (non-hydrogen) atoms. The number of rotatable bonds is 4. The van der Waals surface area contributed by atoms with Crippen LogP contribution in [0.2, 0.25) is 0 Å². The van der Waals surface area contributed by atoms with E-state index in [2.05, 4.69) is 13.8 Å². The van der Waals surface area contributed by atoms with Crippen molar-refractivity contribution in [3.8, 4) is 0 Å². The Morgan fingerprint density at radius 1 is 1.36 bits per heavy atom. The lowest BCUT2D eigenvalue weighted by Crippen LogP contribution is -2.00. The molecule has 0 aromatic heterocycles. The molecular weight excluding hydrogens is 196 g/mol. The number of hydrogen-bond acceptors (Lipinski definition) is 1. The Morgan fingerprint density at radius 3 is 2.36 bits per heavy atom. The minimum Gasteiger partial charge on any atom is -0.293 e. The lowest BCUT2D eigenvalue weighted by Gasteiger charge is -2.08. The van der Waals surface area contributed by atoms with Gasteiger partial charge in [-0.15, -0.1) is 11.6 Å². The summed E-state index contributed by atoms with van der Waals surface area (Å²) in [5, 5.41) is 0. The number of halogens is 1. The SMILES string of the molecule is CC[C@@H](C)c1ccc(C(=O)CCl)cc1. The van der Waals surface area contributed by atoms with E-state index in [1.54, 1.807) is 0 Å². The van der Waals surface area contributed by atoms with Crippen molar-refractivity contribution >= 4 is 17.4 Å². The minimum absolute atomic E-state index is 0.0117. The van der Waals surface area contributed by atoms with Crippen molar-refractivity contribution in [2.24, 2.45) is 0 Å². The number of alkyl halides is 1. The average molecular weight is 211 g/mol. The molecule has 1 nitrogen and oxygen atoms in total. The maximum Gasteiger partial charge on any atom is 0.177 e. The normalized spacial score (nSPS) is 12.5. The summed E-state index contributed by atoms with van der Waals surface area (Å²) >= 11 is 5.47. The molecule has 1 rings (SSSR count). The van der Waals surface area contributed by atoms with E-state index in [4.69, 9.17) is 11.6 Å². The molecular formula is C12H15ClO. The van der Waals surface area contributed by atoms with Crippen LogP contribution in [0.15, 0.2) is 24.3 Å². The molecule has 0 saturated carbocycles. The van der Waals surface area contributed by atoms with Crippen LogP contribution in [0.4, 0.5) is 0 Å². The predicted molar refractivity (Wildman–Crippen MR) is 60.2 cm³/mol. The van der Waals surface area contributed by atoms with E-state index in [0.717, 1.165) is 6.42 Å². The number of carbonyl (C=O) groups is 1. The number of ketones is 1. The van der Waals surface area contributed by atoms with Gasteiger partial charge in [-0.25, -0.2) is 0 Å². The van der Waals surface area contributed by atoms with Crippen LogP contribution in [0, 0.1) is 0 Å². The summed E-state index contributed by atoms with van der Waals surface area (Å²) in [7, 11) is 0. The average Bonchev–Trinajstić information content (AvgIpc) is 2.27. The van der Waals surface area contributed by atoms with Gasteiger partial charge in [0.2, 0.25) is 0 Å². The lowest BCUT2D eigenvalue weighted by molar-refractivity contribution is 0.102. The lowest BCUT2D eigenvalue weighted by atomic mass is 9.97. The van der Waals surface area contributed by atoms with Crippen molar-refractivity contribution in [2.75, 3.05) is 5.88 Å². The molecule has 0 aliphatic carbocycles. The second-order valence-electron chi connectivity index (χ2n) is 3.49. The molecule has 0 heterocycles. The van der Waals surface area contributed by atoms with Gasteiger partial charge in [0.1, 0.15) is 0 Å². The number of carbonyl (C=O) groups excluding carboxylic acids is 1. The first-order chi connectivity index (χ1) is 6.69. The fourth-order valence-electron chi connectivity index (χ4n) is 1.31. The molecule has 0 aliphatic heterocycles. The monoisotopic (exact) mass is 210 g/mol. The molecule has 0 radical (unpaired) electrons. The minimum atomic E-state index is -0.0117. The Kier molecular flexibility index (Phi) is 4.15. The first-order valence-corrected chi connectivity index (χ1v) is 5.41. The van der Waals surface area contributed by atoms with Gasteiger partial charge in [-0.3, -0.25) is 4.79 Å². The summed E-state index contributed by atoms with van der Waals surface area (Å²) in [6, 6.07) is 7.72. The van der Waals surface area contributed by atoms with Crippen LogP contribution in [0.5, 0.6) is 0 Å². The Morgan fingerprint density at radius 2 is 1.93 bits per heavy atom. The van der Waals surface area contributed by atoms with Crippen LogP contribution in [-0.2, 0) is 0 Å². The second-order valence-corrected chi connectivity index (χ2v) is 3.76. The summed E-state index contributed by atoms with van der Waals surface area (Å²) in [6.45, 7) is 4.33. The van der Waals surface area contributed by atoms with Gasteiger partial charge in [0.25, 0.3) is 0 Å². The first-order valence-electron chi connectivity index (χ1n) is 4.88. The van der Waals surface area contributed by atoms with Gasteiger partial charge < -0.3 is 0 Å². The number of Topliss-reactive ketones (excluding diaryl/α,β-unsaturated/α-hetero) is 1. The third-order valence-electron chi connectivity index (χ3n) is 2.54. The summed E-state index contributed by atoms with van der Waals surface area (Å²) < 4.78 is 0. The maximum atomic E-state index is 11.2. The highest BCUT2D eigenvalue weighted by Gasteiger charge is 2.06. The van der Waals surface area contributed by atoms with Crippen molar-refractivity contribution < 1.29 is 4.79 Å². The highest BCUT2D eigenvalue weighted by Crippen LogP contribution is 2.18. The van der Waals surface area contributed by atoms with Crippen LogP contribution in [0.1, 0.15) is 42.1 Å². The molecule has 0 N–H and O–H groups in total. The van der Waals surface area contributed by atoms with Gasteiger partial charge >= 0.3 is 0 Å². The molecule has 0 saturated heterocycles. The van der Waals surface area contributed by atoms with Crippen LogP contribution >= 0.6 is 11.6 Å². The molecule has 0 aliphatic rings. The number of hydrogen-bond donors (Lipinski definition) is 0. The third-order valence-corrected chi connectivity index (χ3v) is 2.78. The molecule has 0 unspecified atom stereocenters. The van der Waals surface area contributed by atoms with Crippen molar-refractivity contribution in [1.82, 2.24) is 0 Å². The van der Waals surface area contributed by atoms with Gasteiger partial charge in [-0.2, -0.15) is 0 Å². The molecule has 76 valence electrons. The van der Waals surface area contributed by atoms with Gasteiger partial charge in [-0.1, -0.05) is 38.1 Å². The summed E-state index contributed by atoms with van der Waals surface area (Å²) in [5.74, 6) is 0.598. The van der Waals surface area contributed by atoms with Crippen LogP contribution in [0.25, 0.3) is 0 Å². The quantitative estimate of drug-likeness (QED) is 0.548. The Balaban J connectivity index is 2.83. The van der Waals surface area contributed by atoms with Crippen LogP contribution in [0.3, 0.4) is 0 Å². The first kappa shape index (κ1) is 11.3. The largest absolute Gasteiger partial charge is 0.293 e. The maximum absolute atomic E-state index is 11.2. The third kappa shape index (κ3) is 2.58. The van der Waals surface area contributed by atoms with Crippen LogP contribution < -0.4 is 0 Å². The van der Waals surface area contributed by atoms with Crippen molar-refractivity contribution in [2.45, 2.75) is 26.2 Å². The Hall–Kier alpha value is -0.820. The van der Waals surface area contributed by atoms with E-state index in [1.165, 1.54) is 5.56 Å². The molecule has 0 amide bonds. The van der Waals surface area contributed by atoms with Gasteiger partial charge in [0, 0.05) is 5.56 Å². The number of benzene rings is 1. The Bertz CT molecular complexity index is 303. The predicted octanol–water partition coefficient (Wildman–Crippen LogP) is 3.62. The van der Waals surface area contributed by atoms with Gasteiger partial charge in [-0.05, 0) is 17.9 Å². The molecule has 2 heteroatoms. The molecule has 1 aromatic carbocycles. The fourth-order valence-corrected chi connectivity index (χ4v) is 1.46. The van der Waals surface area contributed by atoms with Crippen molar-refractivity contribution in [3.63, 3.8) is 0 Å². The second kappa shape index (κ2) is 5.16. The van der Waals surface area contributed by atoms with E-state index in [9.17, 15) is 4.79 Å². The fraction of sp³-hybridized carbons (Fsp3) is 0.417. The zero-order valence-corrected chi connectivity index (χ0v) is 9.34. The van der Waals surface area contributed by atoms with Gasteiger partial charge in [0.15, 0.2) is 5.78 Å². The highest BCUT2D eigenvalue weighted by atomic mass is 35.5. The zero-order valence-electron chi connectivity index (χ0n) is 8.59. The van der Waals surface area contributed by atoms with E-state index >= 15 is 0 Å². The molecule has 1 aromatic rings. The van der Waals surface area contributed by atoms with Gasteiger partial charge in [0.05, 0.1) is 5.88 Å². The standard InChI is InChI=1S/C12H15ClO/c1-3-9(2)10-4-6-11(7-5-10)12(14)8-13/h4-7,9H,3,8H2,1-2H3/t9-/m1/s1. The topological polar surface area (TPSA) is 17.1 Å². The van der Waals surface area contributed by atoms with E-state index in [1.807, 2.05) is 24.3 Å². The smallest absolute Gasteiger partial charge is 0.177 e.